The highest BCUT2D eigenvalue weighted by atomic mass is 79.9. The van der Waals surface area contributed by atoms with E-state index in [1.807, 2.05) is 0 Å². The molecule has 1 aliphatic heterocycles. The van der Waals surface area contributed by atoms with Crippen molar-refractivity contribution in [1.82, 2.24) is 4.98 Å². The molecule has 0 atom stereocenters. The van der Waals surface area contributed by atoms with E-state index in [1.165, 1.54) is 12.1 Å². The molecular weight excluding hydrogens is 335 g/mol. The van der Waals surface area contributed by atoms with Gasteiger partial charge >= 0.3 is 0 Å². The molecule has 0 bridgehead atoms. The van der Waals surface area contributed by atoms with Gasteiger partial charge in [0.2, 0.25) is 0 Å². The molecule has 6 heteroatoms. The summed E-state index contributed by atoms with van der Waals surface area (Å²) in [6.07, 6.45) is 0. The number of rotatable bonds is 1. The molecule has 0 saturated heterocycles. The van der Waals surface area contributed by atoms with Crippen molar-refractivity contribution in [3.63, 3.8) is 0 Å². The summed E-state index contributed by atoms with van der Waals surface area (Å²) in [5.41, 5.74) is 0.868. The van der Waals surface area contributed by atoms with Crippen LogP contribution in [-0.4, -0.2) is 18.1 Å². The third-order valence-corrected chi connectivity index (χ3v) is 3.60. The Kier molecular flexibility index (Phi) is 3.33. The van der Waals surface area contributed by atoms with E-state index in [0.29, 0.717) is 41.0 Å². The molecule has 2 heterocycles. The number of ether oxygens (including phenoxy) is 1. The average Bonchev–Trinajstić information content (AvgIpc) is 2.41. The number of nitrogens with zero attached hydrogens (tertiary/aromatic N) is 1. The van der Waals surface area contributed by atoms with Crippen LogP contribution in [0.5, 0.6) is 5.75 Å². The van der Waals surface area contributed by atoms with Crippen LogP contribution in [0.3, 0.4) is 0 Å². The first-order valence-electron chi connectivity index (χ1n) is 5.68. The topological polar surface area (TPSA) is 34.2 Å². The van der Waals surface area contributed by atoms with E-state index < -0.39 is 0 Å². The van der Waals surface area contributed by atoms with Crippen molar-refractivity contribution in [1.29, 1.82) is 0 Å². The molecule has 19 heavy (non-hydrogen) atoms. The predicted molar refractivity (Wildman–Crippen MR) is 76.3 cm³/mol. The zero-order valence-corrected chi connectivity index (χ0v) is 12.1. The molecule has 0 amide bonds. The number of halogens is 3. The Morgan fingerprint density at radius 3 is 3.05 bits per heavy atom. The van der Waals surface area contributed by atoms with Gasteiger partial charge in [-0.05, 0) is 40.2 Å². The number of benzene rings is 1. The number of aromatic nitrogens is 1. The molecule has 98 valence electrons. The van der Waals surface area contributed by atoms with Gasteiger partial charge in [0.1, 0.15) is 12.4 Å². The molecule has 0 spiro atoms. The van der Waals surface area contributed by atoms with Crippen molar-refractivity contribution >= 4 is 33.3 Å². The number of anilines is 1. The molecule has 0 radical (unpaired) electrons. The van der Waals surface area contributed by atoms with E-state index >= 15 is 0 Å². The third kappa shape index (κ3) is 2.40. The van der Waals surface area contributed by atoms with Crippen LogP contribution in [0.1, 0.15) is 0 Å². The van der Waals surface area contributed by atoms with Crippen molar-refractivity contribution in [2.24, 2.45) is 0 Å². The largest absolute Gasteiger partial charge is 0.487 e. The van der Waals surface area contributed by atoms with Crippen LogP contribution in [0, 0.1) is 5.82 Å². The Morgan fingerprint density at radius 2 is 2.21 bits per heavy atom. The van der Waals surface area contributed by atoms with Gasteiger partial charge in [-0.3, -0.25) is 0 Å². The van der Waals surface area contributed by atoms with Crippen LogP contribution in [0.2, 0.25) is 5.02 Å². The minimum absolute atomic E-state index is 0.361. The third-order valence-electron chi connectivity index (χ3n) is 2.77. The average molecular weight is 344 g/mol. The van der Waals surface area contributed by atoms with Crippen molar-refractivity contribution in [3.05, 3.63) is 39.6 Å². The molecule has 0 unspecified atom stereocenters. The lowest BCUT2D eigenvalue weighted by Crippen LogP contribution is -2.19. The number of hydrogen-bond acceptors (Lipinski definition) is 3. The molecule has 1 aromatic heterocycles. The summed E-state index contributed by atoms with van der Waals surface area (Å²) in [6, 6.07) is 6.12. The minimum atomic E-state index is -0.361. The molecule has 3 rings (SSSR count). The Morgan fingerprint density at radius 1 is 1.37 bits per heavy atom. The molecule has 3 nitrogen and oxygen atoms in total. The Balaban J connectivity index is 2.15. The van der Waals surface area contributed by atoms with Crippen LogP contribution in [-0.2, 0) is 0 Å². The van der Waals surface area contributed by atoms with E-state index in [-0.39, 0.29) is 5.82 Å². The van der Waals surface area contributed by atoms with Gasteiger partial charge in [-0.1, -0.05) is 11.6 Å². The standard InChI is InChI=1S/C13H9BrClFN2O/c14-9-6-11(8-5-7(15)1-2-10(8)16)18-13-12(9)19-4-3-17-13/h1-2,5-6H,3-4H2,(H,17,18). The number of hydrogen-bond donors (Lipinski definition) is 1. The van der Waals surface area contributed by atoms with Crippen LogP contribution >= 0.6 is 27.5 Å². The van der Waals surface area contributed by atoms with Gasteiger partial charge in [0.05, 0.1) is 16.7 Å². The monoisotopic (exact) mass is 342 g/mol. The highest BCUT2D eigenvalue weighted by molar-refractivity contribution is 9.10. The summed E-state index contributed by atoms with van der Waals surface area (Å²) in [7, 11) is 0. The van der Waals surface area contributed by atoms with Gasteiger partial charge in [-0.15, -0.1) is 0 Å². The second-order valence-electron chi connectivity index (χ2n) is 4.07. The highest BCUT2D eigenvalue weighted by Gasteiger charge is 2.18. The Labute approximate surface area is 122 Å². The summed E-state index contributed by atoms with van der Waals surface area (Å²) < 4.78 is 20.1. The summed E-state index contributed by atoms with van der Waals surface area (Å²) >= 11 is 9.32. The first-order chi connectivity index (χ1) is 9.15. The van der Waals surface area contributed by atoms with Gasteiger partial charge in [0, 0.05) is 10.6 Å². The number of nitrogens with one attached hydrogen (secondary N) is 1. The zero-order valence-electron chi connectivity index (χ0n) is 9.71. The zero-order chi connectivity index (χ0) is 13.4. The lowest BCUT2D eigenvalue weighted by Gasteiger charge is -2.20. The van der Waals surface area contributed by atoms with Crippen molar-refractivity contribution in [2.75, 3.05) is 18.5 Å². The Hall–Kier alpha value is -1.33. The van der Waals surface area contributed by atoms with E-state index in [0.717, 1.165) is 4.47 Å². The maximum Gasteiger partial charge on any atom is 0.175 e. The first kappa shape index (κ1) is 12.7. The fourth-order valence-corrected chi connectivity index (χ4v) is 2.60. The number of fused-ring (bicyclic) bond motifs is 1. The van der Waals surface area contributed by atoms with E-state index in [9.17, 15) is 4.39 Å². The normalized spacial score (nSPS) is 13.4. The van der Waals surface area contributed by atoms with Crippen molar-refractivity contribution < 1.29 is 9.13 Å². The fraction of sp³-hybridized carbons (Fsp3) is 0.154. The SMILES string of the molecule is Fc1ccc(Cl)cc1-c1cc(Br)c2c(n1)NCCO2. The van der Waals surface area contributed by atoms with Gasteiger partial charge in [-0.25, -0.2) is 9.37 Å². The fourth-order valence-electron chi connectivity index (χ4n) is 1.91. The summed E-state index contributed by atoms with van der Waals surface area (Å²) in [5.74, 6) is 0.896. The number of pyridine rings is 1. The lowest BCUT2D eigenvalue weighted by molar-refractivity contribution is 0.319. The second-order valence-corrected chi connectivity index (χ2v) is 5.36. The molecule has 2 aromatic rings. The van der Waals surface area contributed by atoms with E-state index in [4.69, 9.17) is 16.3 Å². The minimum Gasteiger partial charge on any atom is -0.487 e. The quantitative estimate of drug-likeness (QED) is 0.846. The predicted octanol–water partition coefficient (Wildman–Crippen LogP) is 4.11. The van der Waals surface area contributed by atoms with Gasteiger partial charge in [0.15, 0.2) is 11.6 Å². The maximum absolute atomic E-state index is 13.9. The lowest BCUT2D eigenvalue weighted by atomic mass is 10.1. The van der Waals surface area contributed by atoms with Gasteiger partial charge in [-0.2, -0.15) is 0 Å². The van der Waals surface area contributed by atoms with Crippen LogP contribution < -0.4 is 10.1 Å². The molecular formula is C13H9BrClFN2O. The second kappa shape index (κ2) is 4.98. The first-order valence-corrected chi connectivity index (χ1v) is 6.85. The smallest absolute Gasteiger partial charge is 0.175 e. The molecule has 1 N–H and O–H groups in total. The van der Waals surface area contributed by atoms with Crippen molar-refractivity contribution in [3.8, 4) is 17.0 Å². The Bertz CT molecular complexity index is 651. The van der Waals surface area contributed by atoms with E-state index in [2.05, 4.69) is 26.2 Å². The molecule has 0 aliphatic carbocycles. The summed E-state index contributed by atoms with van der Waals surface area (Å²) in [4.78, 5) is 4.38. The molecule has 0 saturated carbocycles. The van der Waals surface area contributed by atoms with Crippen LogP contribution in [0.15, 0.2) is 28.7 Å². The van der Waals surface area contributed by atoms with Crippen LogP contribution in [0.4, 0.5) is 10.2 Å². The highest BCUT2D eigenvalue weighted by Crippen LogP contribution is 2.37. The van der Waals surface area contributed by atoms with Gasteiger partial charge in [0.25, 0.3) is 0 Å². The molecule has 1 aromatic carbocycles. The van der Waals surface area contributed by atoms with E-state index in [1.54, 1.807) is 12.1 Å². The maximum atomic E-state index is 13.9. The van der Waals surface area contributed by atoms with Gasteiger partial charge < -0.3 is 10.1 Å². The summed E-state index contributed by atoms with van der Waals surface area (Å²) in [6.45, 7) is 1.26. The molecule has 0 fully saturated rings. The molecule has 1 aliphatic rings. The van der Waals surface area contributed by atoms with Crippen molar-refractivity contribution in [2.45, 2.75) is 0 Å². The van der Waals surface area contributed by atoms with Crippen LogP contribution in [0.25, 0.3) is 11.3 Å². The summed E-state index contributed by atoms with van der Waals surface area (Å²) in [5, 5.41) is 3.59.